The number of amides is 1. The van der Waals surface area contributed by atoms with Crippen LogP contribution in [0.3, 0.4) is 0 Å². The first kappa shape index (κ1) is 17.3. The van der Waals surface area contributed by atoms with E-state index in [-0.39, 0.29) is 12.5 Å². The lowest BCUT2D eigenvalue weighted by Crippen LogP contribution is -2.20. The largest absolute Gasteiger partial charge is 0.494 e. The summed E-state index contributed by atoms with van der Waals surface area (Å²) >= 11 is 3.45. The number of benzene rings is 3. The zero-order chi connectivity index (χ0) is 17.6. The fraction of sp³-hybridized carbons (Fsp3) is 0.150. The average Bonchev–Trinajstić information content (AvgIpc) is 2.62. The molecule has 0 aliphatic heterocycles. The van der Waals surface area contributed by atoms with Crippen LogP contribution in [0.4, 0.5) is 5.69 Å². The number of halogens is 1. The van der Waals surface area contributed by atoms with Gasteiger partial charge in [0.15, 0.2) is 6.61 Å². The van der Waals surface area contributed by atoms with Crippen molar-refractivity contribution >= 4 is 38.3 Å². The number of nitrogens with one attached hydrogen (secondary N) is 1. The van der Waals surface area contributed by atoms with E-state index in [2.05, 4.69) is 21.2 Å². The highest BCUT2D eigenvalue weighted by Gasteiger charge is 2.05. The number of carbonyl (C=O) groups excluding carboxylic acids is 1. The van der Waals surface area contributed by atoms with Crippen molar-refractivity contribution < 1.29 is 14.3 Å². The van der Waals surface area contributed by atoms with Crippen LogP contribution in [0.15, 0.2) is 65.1 Å². The van der Waals surface area contributed by atoms with Gasteiger partial charge in [-0.3, -0.25) is 4.79 Å². The Hall–Kier alpha value is -2.53. The topological polar surface area (TPSA) is 47.6 Å². The molecule has 3 aromatic carbocycles. The van der Waals surface area contributed by atoms with Gasteiger partial charge in [0.1, 0.15) is 11.5 Å². The summed E-state index contributed by atoms with van der Waals surface area (Å²) in [5.74, 6) is 1.23. The maximum atomic E-state index is 12.0. The molecule has 0 saturated carbocycles. The normalized spacial score (nSPS) is 10.5. The molecular formula is C20H18BrNO3. The Balaban J connectivity index is 1.57. The molecule has 0 unspecified atom stereocenters. The number of carbonyl (C=O) groups is 1. The van der Waals surface area contributed by atoms with Crippen LogP contribution in [0, 0.1) is 0 Å². The SMILES string of the molecule is CCOc1ccc(NC(=O)COc2ccc3cc(Br)ccc3c2)cc1. The third-order valence-electron chi connectivity index (χ3n) is 3.59. The minimum Gasteiger partial charge on any atom is -0.494 e. The van der Waals surface area contributed by atoms with Crippen molar-refractivity contribution in [2.45, 2.75) is 6.92 Å². The minimum absolute atomic E-state index is 0.0464. The second-order valence-electron chi connectivity index (χ2n) is 5.45. The highest BCUT2D eigenvalue weighted by molar-refractivity contribution is 9.10. The van der Waals surface area contributed by atoms with Crippen LogP contribution in [0.25, 0.3) is 10.8 Å². The molecule has 0 aromatic heterocycles. The summed E-state index contributed by atoms with van der Waals surface area (Å²) < 4.78 is 12.0. The zero-order valence-electron chi connectivity index (χ0n) is 13.8. The quantitative estimate of drug-likeness (QED) is 0.632. The minimum atomic E-state index is -0.208. The van der Waals surface area contributed by atoms with Gasteiger partial charge in [0.25, 0.3) is 5.91 Å². The molecule has 0 atom stereocenters. The molecule has 128 valence electrons. The van der Waals surface area contributed by atoms with E-state index in [1.54, 1.807) is 12.1 Å². The molecule has 3 rings (SSSR count). The van der Waals surface area contributed by atoms with E-state index >= 15 is 0 Å². The molecule has 5 heteroatoms. The summed E-state index contributed by atoms with van der Waals surface area (Å²) in [7, 11) is 0. The third-order valence-corrected chi connectivity index (χ3v) is 4.09. The van der Waals surface area contributed by atoms with Crippen LogP contribution < -0.4 is 14.8 Å². The Morgan fingerprint density at radius 1 is 0.920 bits per heavy atom. The standard InChI is InChI=1S/C20H18BrNO3/c1-2-24-18-9-6-17(7-10-18)22-20(23)13-25-19-8-4-14-11-16(21)5-3-15(14)12-19/h3-12H,2,13H2,1H3,(H,22,23). The molecule has 0 saturated heterocycles. The molecule has 0 heterocycles. The van der Waals surface area contributed by atoms with Crippen molar-refractivity contribution in [2.75, 3.05) is 18.5 Å². The van der Waals surface area contributed by atoms with E-state index in [0.717, 1.165) is 21.0 Å². The summed E-state index contributed by atoms with van der Waals surface area (Å²) in [4.78, 5) is 12.0. The molecule has 0 aliphatic rings. The molecule has 25 heavy (non-hydrogen) atoms. The van der Waals surface area contributed by atoms with Crippen LogP contribution in [0.2, 0.25) is 0 Å². The summed E-state index contributed by atoms with van der Waals surface area (Å²) in [5, 5.41) is 4.97. The Labute approximate surface area is 154 Å². The highest BCUT2D eigenvalue weighted by Crippen LogP contribution is 2.24. The van der Waals surface area contributed by atoms with Gasteiger partial charge in [-0.2, -0.15) is 0 Å². The van der Waals surface area contributed by atoms with E-state index in [9.17, 15) is 4.79 Å². The van der Waals surface area contributed by atoms with Crippen LogP contribution in [0.1, 0.15) is 6.92 Å². The number of fused-ring (bicyclic) bond motifs is 1. The van der Waals surface area contributed by atoms with Gasteiger partial charge in [0.2, 0.25) is 0 Å². The molecule has 1 amide bonds. The van der Waals surface area contributed by atoms with Gasteiger partial charge in [0.05, 0.1) is 6.61 Å². The Morgan fingerprint density at radius 3 is 2.36 bits per heavy atom. The van der Waals surface area contributed by atoms with Gasteiger partial charge in [-0.15, -0.1) is 0 Å². The van der Waals surface area contributed by atoms with Crippen LogP contribution >= 0.6 is 15.9 Å². The maximum Gasteiger partial charge on any atom is 0.262 e. The van der Waals surface area contributed by atoms with Crippen molar-refractivity contribution in [3.05, 3.63) is 65.1 Å². The Morgan fingerprint density at radius 2 is 1.60 bits per heavy atom. The first-order valence-electron chi connectivity index (χ1n) is 7.99. The molecule has 1 N–H and O–H groups in total. The molecule has 4 nitrogen and oxygen atoms in total. The number of hydrogen-bond donors (Lipinski definition) is 1. The fourth-order valence-corrected chi connectivity index (χ4v) is 2.81. The Kier molecular flexibility index (Phi) is 5.56. The molecule has 3 aromatic rings. The van der Waals surface area contributed by atoms with E-state index in [1.807, 2.05) is 55.5 Å². The third kappa shape index (κ3) is 4.73. The second kappa shape index (κ2) is 8.03. The molecule has 0 bridgehead atoms. The average molecular weight is 400 g/mol. The monoisotopic (exact) mass is 399 g/mol. The molecule has 0 aliphatic carbocycles. The smallest absolute Gasteiger partial charge is 0.262 e. The van der Waals surface area contributed by atoms with Gasteiger partial charge in [-0.25, -0.2) is 0 Å². The van der Waals surface area contributed by atoms with Crippen molar-refractivity contribution in [1.82, 2.24) is 0 Å². The molecule has 0 fully saturated rings. The van der Waals surface area contributed by atoms with Gasteiger partial charge in [-0.05, 0) is 66.2 Å². The number of ether oxygens (including phenoxy) is 2. The summed E-state index contributed by atoms with van der Waals surface area (Å²) in [6, 6.07) is 19.0. The van der Waals surface area contributed by atoms with Crippen molar-refractivity contribution in [1.29, 1.82) is 0 Å². The molecule has 0 spiro atoms. The maximum absolute atomic E-state index is 12.0. The zero-order valence-corrected chi connectivity index (χ0v) is 15.4. The predicted octanol–water partition coefficient (Wildman–Crippen LogP) is 5.02. The van der Waals surface area contributed by atoms with Gasteiger partial charge < -0.3 is 14.8 Å². The predicted molar refractivity (Wildman–Crippen MR) is 103 cm³/mol. The van der Waals surface area contributed by atoms with Gasteiger partial charge in [-0.1, -0.05) is 28.1 Å². The molecule has 0 radical (unpaired) electrons. The van der Waals surface area contributed by atoms with E-state index < -0.39 is 0 Å². The second-order valence-corrected chi connectivity index (χ2v) is 6.36. The number of rotatable bonds is 6. The van der Waals surface area contributed by atoms with Crippen LogP contribution in [0.5, 0.6) is 11.5 Å². The number of hydrogen-bond acceptors (Lipinski definition) is 3. The van der Waals surface area contributed by atoms with E-state index in [1.165, 1.54) is 0 Å². The summed E-state index contributed by atoms with van der Waals surface area (Å²) in [6.07, 6.45) is 0. The number of anilines is 1. The van der Waals surface area contributed by atoms with E-state index in [4.69, 9.17) is 9.47 Å². The fourth-order valence-electron chi connectivity index (χ4n) is 2.43. The molecular weight excluding hydrogens is 382 g/mol. The summed E-state index contributed by atoms with van der Waals surface area (Å²) in [6.45, 7) is 2.50. The first-order valence-corrected chi connectivity index (χ1v) is 8.78. The first-order chi connectivity index (χ1) is 12.1. The highest BCUT2D eigenvalue weighted by atomic mass is 79.9. The lowest BCUT2D eigenvalue weighted by molar-refractivity contribution is -0.118. The van der Waals surface area contributed by atoms with Crippen LogP contribution in [-0.2, 0) is 4.79 Å². The summed E-state index contributed by atoms with van der Waals surface area (Å²) in [5.41, 5.74) is 0.709. The van der Waals surface area contributed by atoms with Crippen molar-refractivity contribution in [3.8, 4) is 11.5 Å². The lowest BCUT2D eigenvalue weighted by atomic mass is 10.1. The van der Waals surface area contributed by atoms with Crippen LogP contribution in [-0.4, -0.2) is 19.1 Å². The Bertz CT molecular complexity index is 878. The van der Waals surface area contributed by atoms with Crippen molar-refractivity contribution in [2.24, 2.45) is 0 Å². The van der Waals surface area contributed by atoms with Gasteiger partial charge in [0, 0.05) is 10.2 Å². The van der Waals surface area contributed by atoms with Crippen molar-refractivity contribution in [3.63, 3.8) is 0 Å². The van der Waals surface area contributed by atoms with Gasteiger partial charge >= 0.3 is 0 Å². The van der Waals surface area contributed by atoms with E-state index in [0.29, 0.717) is 18.0 Å². The lowest BCUT2D eigenvalue weighted by Gasteiger charge is -2.09.